The predicted molar refractivity (Wildman–Crippen MR) is 102 cm³/mol. The van der Waals surface area contributed by atoms with Crippen LogP contribution in [0.3, 0.4) is 0 Å². The van der Waals surface area contributed by atoms with Crippen LogP contribution in [0.25, 0.3) is 11.3 Å². The van der Waals surface area contributed by atoms with E-state index in [1.807, 2.05) is 36.4 Å². The number of benzene rings is 1. The topological polar surface area (TPSA) is 97.5 Å². The van der Waals surface area contributed by atoms with Crippen LogP contribution in [0.1, 0.15) is 34.9 Å². The Balaban J connectivity index is 1.55. The van der Waals surface area contributed by atoms with Gasteiger partial charge in [0.05, 0.1) is 25.5 Å². The molecule has 2 heterocycles. The van der Waals surface area contributed by atoms with E-state index in [0.717, 1.165) is 11.1 Å². The molecule has 0 bridgehead atoms. The molecule has 1 amide bonds. The molecule has 1 aromatic carbocycles. The van der Waals surface area contributed by atoms with E-state index in [9.17, 15) is 9.90 Å². The second kappa shape index (κ2) is 7.82. The van der Waals surface area contributed by atoms with Gasteiger partial charge in [-0.05, 0) is 30.4 Å². The van der Waals surface area contributed by atoms with Gasteiger partial charge < -0.3 is 19.7 Å². The van der Waals surface area contributed by atoms with Crippen molar-refractivity contribution in [3.8, 4) is 17.1 Å². The van der Waals surface area contributed by atoms with E-state index >= 15 is 0 Å². The number of nitrogens with zero attached hydrogens (tertiary/aromatic N) is 2. The molecule has 1 fully saturated rings. The highest BCUT2D eigenvalue weighted by Gasteiger charge is 2.36. The number of aliphatic hydroxyl groups is 1. The monoisotopic (exact) mass is 379 g/mol. The van der Waals surface area contributed by atoms with Crippen molar-refractivity contribution in [2.24, 2.45) is 5.92 Å². The number of hydrogen-bond acceptors (Lipinski definition) is 6. The lowest BCUT2D eigenvalue weighted by atomic mass is 9.75. The van der Waals surface area contributed by atoms with Crippen LogP contribution >= 0.6 is 0 Å². The third-order valence-corrected chi connectivity index (χ3v) is 5.04. The Bertz CT molecular complexity index is 951. The van der Waals surface area contributed by atoms with Crippen LogP contribution in [-0.4, -0.2) is 34.4 Å². The lowest BCUT2D eigenvalue weighted by molar-refractivity contribution is 0.0233. The highest BCUT2D eigenvalue weighted by atomic mass is 16.5. The summed E-state index contributed by atoms with van der Waals surface area (Å²) in [7, 11) is 1.57. The first-order valence-electron chi connectivity index (χ1n) is 9.14. The van der Waals surface area contributed by atoms with E-state index in [4.69, 9.17) is 9.26 Å². The molecule has 3 aromatic rings. The quantitative estimate of drug-likeness (QED) is 0.683. The second-order valence-electron chi connectivity index (χ2n) is 6.94. The van der Waals surface area contributed by atoms with Gasteiger partial charge in [0.25, 0.3) is 5.91 Å². The number of pyridine rings is 1. The molecule has 1 atom stereocenters. The van der Waals surface area contributed by atoms with Crippen molar-refractivity contribution in [2.45, 2.75) is 25.0 Å². The molecule has 2 N–H and O–H groups in total. The number of amides is 1. The molecule has 0 aliphatic heterocycles. The Hall–Kier alpha value is -3.19. The van der Waals surface area contributed by atoms with Gasteiger partial charge in [-0.2, -0.15) is 0 Å². The number of hydrogen-bond donors (Lipinski definition) is 2. The summed E-state index contributed by atoms with van der Waals surface area (Å²) in [6.45, 7) is 0. The van der Waals surface area contributed by atoms with Gasteiger partial charge in [-0.15, -0.1) is 0 Å². The highest BCUT2D eigenvalue weighted by Crippen LogP contribution is 2.38. The molecule has 0 saturated heterocycles. The zero-order valence-electron chi connectivity index (χ0n) is 15.4. The largest absolute Gasteiger partial charge is 0.495 e. The zero-order chi connectivity index (χ0) is 19.5. The molecule has 0 spiro atoms. The van der Waals surface area contributed by atoms with Crippen molar-refractivity contribution in [3.05, 3.63) is 66.1 Å². The Kier molecular flexibility index (Phi) is 5.08. The number of methoxy groups -OCH3 is 1. The van der Waals surface area contributed by atoms with Gasteiger partial charge in [-0.25, -0.2) is 0 Å². The molecule has 2 aromatic heterocycles. The van der Waals surface area contributed by atoms with Crippen LogP contribution < -0.4 is 10.1 Å². The average Bonchev–Trinajstić information content (AvgIpc) is 3.21. The van der Waals surface area contributed by atoms with Crippen LogP contribution in [-0.2, 0) is 0 Å². The maximum Gasteiger partial charge on any atom is 0.273 e. The smallest absolute Gasteiger partial charge is 0.273 e. The van der Waals surface area contributed by atoms with Crippen LogP contribution in [0.4, 0.5) is 0 Å². The summed E-state index contributed by atoms with van der Waals surface area (Å²) in [4.78, 5) is 17.0. The molecule has 4 rings (SSSR count). The van der Waals surface area contributed by atoms with E-state index in [-0.39, 0.29) is 29.7 Å². The van der Waals surface area contributed by atoms with Crippen molar-refractivity contribution >= 4 is 5.91 Å². The molecule has 144 valence electrons. The predicted octanol–water partition coefficient (Wildman–Crippen LogP) is 2.99. The molecule has 1 aliphatic carbocycles. The fourth-order valence-corrected chi connectivity index (χ4v) is 3.43. The summed E-state index contributed by atoms with van der Waals surface area (Å²) in [5, 5.41) is 16.6. The Morgan fingerprint density at radius 1 is 1.25 bits per heavy atom. The number of carbonyl (C=O) groups excluding carboxylic acids is 1. The Labute approximate surface area is 162 Å². The van der Waals surface area contributed by atoms with Gasteiger partial charge in [0.15, 0.2) is 11.5 Å². The SMILES string of the molecule is COc1cncc([C@@H](NC(=O)c2cc(-c3ccccc3)on2)C2CC(O)C2)c1. The summed E-state index contributed by atoms with van der Waals surface area (Å²) in [5.74, 6) is 0.933. The summed E-state index contributed by atoms with van der Waals surface area (Å²) in [5.41, 5.74) is 1.89. The molecule has 28 heavy (non-hydrogen) atoms. The lowest BCUT2D eigenvalue weighted by Gasteiger charge is -2.38. The molecule has 7 nitrogen and oxygen atoms in total. The maximum atomic E-state index is 12.8. The summed E-state index contributed by atoms with van der Waals surface area (Å²) < 4.78 is 10.6. The minimum absolute atomic E-state index is 0.119. The van der Waals surface area contributed by atoms with Gasteiger partial charge in [0.2, 0.25) is 0 Å². The van der Waals surface area contributed by atoms with Crippen molar-refractivity contribution < 1.29 is 19.2 Å². The number of rotatable bonds is 6. The minimum atomic E-state index is -0.334. The van der Waals surface area contributed by atoms with Crippen LogP contribution in [0.15, 0.2) is 59.4 Å². The molecule has 1 aliphatic rings. The number of carbonyl (C=O) groups is 1. The first kappa shape index (κ1) is 18.2. The minimum Gasteiger partial charge on any atom is -0.495 e. The van der Waals surface area contributed by atoms with Gasteiger partial charge in [-0.1, -0.05) is 35.5 Å². The highest BCUT2D eigenvalue weighted by molar-refractivity contribution is 5.93. The maximum absolute atomic E-state index is 12.8. The van der Waals surface area contributed by atoms with Crippen LogP contribution in [0.5, 0.6) is 5.75 Å². The Morgan fingerprint density at radius 3 is 2.75 bits per heavy atom. The van der Waals surface area contributed by atoms with Crippen molar-refractivity contribution in [3.63, 3.8) is 0 Å². The fraction of sp³-hybridized carbons (Fsp3) is 0.286. The van der Waals surface area contributed by atoms with Gasteiger partial charge in [0, 0.05) is 17.8 Å². The van der Waals surface area contributed by atoms with Crippen LogP contribution in [0, 0.1) is 5.92 Å². The normalized spacial score (nSPS) is 19.5. The molecule has 7 heteroatoms. The molecule has 0 unspecified atom stereocenters. The van der Waals surface area contributed by atoms with Crippen molar-refractivity contribution in [1.82, 2.24) is 15.5 Å². The first-order chi connectivity index (χ1) is 13.6. The molecular formula is C21H21N3O4. The van der Waals surface area contributed by atoms with Crippen LogP contribution in [0.2, 0.25) is 0 Å². The summed E-state index contributed by atoms with van der Waals surface area (Å²) >= 11 is 0. The van der Waals surface area contributed by atoms with Gasteiger partial charge >= 0.3 is 0 Å². The fourth-order valence-electron chi connectivity index (χ4n) is 3.43. The number of ether oxygens (including phenoxy) is 1. The number of aliphatic hydroxyl groups excluding tert-OH is 1. The van der Waals surface area contributed by atoms with Gasteiger partial charge in [-0.3, -0.25) is 9.78 Å². The van der Waals surface area contributed by atoms with E-state index in [2.05, 4.69) is 15.5 Å². The zero-order valence-corrected chi connectivity index (χ0v) is 15.4. The van der Waals surface area contributed by atoms with Crippen molar-refractivity contribution in [1.29, 1.82) is 0 Å². The standard InChI is InChI=1S/C21H21N3O4/c1-27-17-9-15(11-22-12-17)20(14-7-16(25)8-14)23-21(26)18-10-19(28-24-18)13-5-3-2-4-6-13/h2-6,9-12,14,16,20,25H,7-8H2,1H3,(H,23,26)/t14?,16?,20-/m0/s1. The third-order valence-electron chi connectivity index (χ3n) is 5.04. The number of aromatic nitrogens is 2. The first-order valence-corrected chi connectivity index (χ1v) is 9.14. The molecular weight excluding hydrogens is 358 g/mol. The van der Waals surface area contributed by atoms with E-state index in [0.29, 0.717) is 24.4 Å². The van der Waals surface area contributed by atoms with E-state index in [1.165, 1.54) is 0 Å². The van der Waals surface area contributed by atoms with E-state index in [1.54, 1.807) is 25.6 Å². The Morgan fingerprint density at radius 2 is 2.04 bits per heavy atom. The third kappa shape index (κ3) is 3.75. The van der Waals surface area contributed by atoms with E-state index < -0.39 is 0 Å². The lowest BCUT2D eigenvalue weighted by Crippen LogP contribution is -2.41. The van der Waals surface area contributed by atoms with Crippen molar-refractivity contribution in [2.75, 3.05) is 7.11 Å². The van der Waals surface area contributed by atoms with Gasteiger partial charge in [0.1, 0.15) is 5.75 Å². The number of nitrogens with one attached hydrogen (secondary N) is 1. The molecule has 0 radical (unpaired) electrons. The summed E-state index contributed by atoms with van der Waals surface area (Å²) in [6.07, 6.45) is 4.23. The second-order valence-corrected chi connectivity index (χ2v) is 6.94. The summed E-state index contributed by atoms with van der Waals surface area (Å²) in [6, 6.07) is 12.7. The molecule has 1 saturated carbocycles. The average molecular weight is 379 g/mol.